The van der Waals surface area contributed by atoms with E-state index in [1.807, 2.05) is 14.1 Å². The molecule has 37 heavy (non-hydrogen) atoms. The number of nitrogens with one attached hydrogen (secondary N) is 1. The molecule has 1 amide bonds. The molecule has 0 radical (unpaired) electrons. The summed E-state index contributed by atoms with van der Waals surface area (Å²) in [6.45, 7) is 5.49. The van der Waals surface area contributed by atoms with Gasteiger partial charge in [0.1, 0.15) is 0 Å². The van der Waals surface area contributed by atoms with Crippen molar-refractivity contribution in [2.45, 2.75) is 25.2 Å². The Bertz CT molecular complexity index is 1430. The second kappa shape index (κ2) is 12.0. The fourth-order valence-electron chi connectivity index (χ4n) is 3.76. The van der Waals surface area contributed by atoms with Gasteiger partial charge in [0.25, 0.3) is 15.9 Å². The summed E-state index contributed by atoms with van der Waals surface area (Å²) in [7, 11) is 0.303. The molecule has 0 aliphatic heterocycles. The van der Waals surface area contributed by atoms with Crippen molar-refractivity contribution in [2.75, 3.05) is 36.8 Å². The summed E-state index contributed by atoms with van der Waals surface area (Å²) in [6.07, 6.45) is 0.793. The maximum absolute atomic E-state index is 13.6. The number of thiazole rings is 1. The average molecular weight is 559 g/mol. The predicted molar refractivity (Wildman–Crippen MR) is 155 cm³/mol. The van der Waals surface area contributed by atoms with Gasteiger partial charge in [-0.05, 0) is 101 Å². The summed E-state index contributed by atoms with van der Waals surface area (Å²) in [5, 5.41) is 0.660. The summed E-state index contributed by atoms with van der Waals surface area (Å²) in [5.41, 5.74) is 4.10. The van der Waals surface area contributed by atoms with E-state index in [-0.39, 0.29) is 23.2 Å². The van der Waals surface area contributed by atoms with Crippen molar-refractivity contribution in [3.8, 4) is 0 Å². The van der Waals surface area contributed by atoms with Crippen LogP contribution in [0.1, 0.15) is 27.9 Å². The lowest BCUT2D eigenvalue weighted by atomic mass is 10.1. The number of hydrogen-bond donors (Lipinski definition) is 1. The number of benzene rings is 3. The Balaban J connectivity index is 0.00000380. The van der Waals surface area contributed by atoms with Crippen molar-refractivity contribution >= 4 is 60.7 Å². The Kier molecular flexibility index (Phi) is 9.31. The quantitative estimate of drug-likeness (QED) is 0.283. The molecule has 1 heterocycles. The van der Waals surface area contributed by atoms with Crippen LogP contribution in [0.3, 0.4) is 0 Å². The van der Waals surface area contributed by atoms with Crippen molar-refractivity contribution in [2.24, 2.45) is 0 Å². The molecule has 0 spiro atoms. The molecule has 3 aromatic carbocycles. The smallest absolute Gasteiger partial charge is 0.261 e. The standard InChI is InChI=1S/C27H30N4O3S2.ClH/c1-19-17-24-25(18-20(19)2)35-27(28-24)31(16-8-15-30(3)4)26(32)21-11-13-22(14-12-21)29-36(33,34)23-9-6-5-7-10-23;/h5-7,9-14,17-18,29H,8,15-16H2,1-4H3;1H. The second-order valence-electron chi connectivity index (χ2n) is 9.01. The summed E-state index contributed by atoms with van der Waals surface area (Å²) < 4.78 is 28.9. The lowest BCUT2D eigenvalue weighted by molar-refractivity contribution is 0.0986. The number of hydrogen-bond acceptors (Lipinski definition) is 6. The number of aromatic nitrogens is 1. The zero-order valence-corrected chi connectivity index (χ0v) is 23.7. The zero-order chi connectivity index (χ0) is 25.9. The Morgan fingerprint density at radius 3 is 2.24 bits per heavy atom. The summed E-state index contributed by atoms with van der Waals surface area (Å²) >= 11 is 1.51. The molecule has 0 unspecified atom stereocenters. The Morgan fingerprint density at radius 1 is 0.946 bits per heavy atom. The van der Waals surface area contributed by atoms with E-state index in [9.17, 15) is 13.2 Å². The van der Waals surface area contributed by atoms with Gasteiger partial charge < -0.3 is 4.90 Å². The van der Waals surface area contributed by atoms with Gasteiger partial charge in [0.05, 0.1) is 15.1 Å². The van der Waals surface area contributed by atoms with Gasteiger partial charge >= 0.3 is 0 Å². The minimum atomic E-state index is -3.71. The van der Waals surface area contributed by atoms with Crippen molar-refractivity contribution in [1.29, 1.82) is 0 Å². The number of halogens is 1. The van der Waals surface area contributed by atoms with Gasteiger partial charge in [-0.15, -0.1) is 12.4 Å². The van der Waals surface area contributed by atoms with Gasteiger partial charge in [-0.1, -0.05) is 29.5 Å². The van der Waals surface area contributed by atoms with Crippen LogP contribution in [0.25, 0.3) is 10.2 Å². The van der Waals surface area contributed by atoms with Crippen LogP contribution in [0, 0.1) is 13.8 Å². The van der Waals surface area contributed by atoms with E-state index in [1.54, 1.807) is 47.4 Å². The van der Waals surface area contributed by atoms with Gasteiger partial charge in [0, 0.05) is 17.8 Å². The first kappa shape index (κ1) is 28.6. The predicted octanol–water partition coefficient (Wildman–Crippen LogP) is 5.73. The molecule has 0 aliphatic rings. The van der Waals surface area contributed by atoms with E-state index in [2.05, 4.69) is 35.6 Å². The van der Waals surface area contributed by atoms with Gasteiger partial charge in [0.15, 0.2) is 5.13 Å². The van der Waals surface area contributed by atoms with Crippen LogP contribution in [0.2, 0.25) is 0 Å². The molecule has 0 saturated heterocycles. The third-order valence-electron chi connectivity index (χ3n) is 5.89. The van der Waals surface area contributed by atoms with Crippen molar-refractivity contribution in [3.63, 3.8) is 0 Å². The maximum Gasteiger partial charge on any atom is 0.261 e. The summed E-state index contributed by atoms with van der Waals surface area (Å²) in [6, 6.07) is 18.8. The molecule has 0 aliphatic carbocycles. The van der Waals surface area contributed by atoms with E-state index in [4.69, 9.17) is 4.98 Å². The molecule has 196 valence electrons. The average Bonchev–Trinajstić information content (AvgIpc) is 3.24. The minimum absolute atomic E-state index is 0. The van der Waals surface area contributed by atoms with Crippen molar-refractivity contribution in [3.05, 3.63) is 83.4 Å². The molecule has 4 aromatic rings. The molecular formula is C27H31ClN4O3S2. The highest BCUT2D eigenvalue weighted by molar-refractivity contribution is 7.92. The molecule has 0 fully saturated rings. The SMILES string of the molecule is Cc1cc2nc(N(CCCN(C)C)C(=O)c3ccc(NS(=O)(=O)c4ccccc4)cc3)sc2cc1C.Cl. The van der Waals surface area contributed by atoms with Crippen LogP contribution in [-0.4, -0.2) is 51.4 Å². The van der Waals surface area contributed by atoms with Crippen LogP contribution in [0.15, 0.2) is 71.6 Å². The molecule has 0 atom stereocenters. The summed E-state index contributed by atoms with van der Waals surface area (Å²) in [5.74, 6) is -0.168. The monoisotopic (exact) mass is 558 g/mol. The molecule has 1 N–H and O–H groups in total. The van der Waals surface area contributed by atoms with E-state index in [0.29, 0.717) is 22.9 Å². The molecule has 1 aromatic heterocycles. The topological polar surface area (TPSA) is 82.6 Å². The minimum Gasteiger partial charge on any atom is -0.309 e. The molecule has 0 saturated carbocycles. The summed E-state index contributed by atoms with van der Waals surface area (Å²) in [4.78, 5) is 22.4. The number of carbonyl (C=O) groups excluding carboxylic acids is 1. The molecule has 7 nitrogen and oxygen atoms in total. The lowest BCUT2D eigenvalue weighted by Gasteiger charge is -2.21. The van der Waals surface area contributed by atoms with Crippen molar-refractivity contribution in [1.82, 2.24) is 9.88 Å². The van der Waals surface area contributed by atoms with Gasteiger partial charge in [-0.2, -0.15) is 0 Å². The Hall–Kier alpha value is -2.98. The fourth-order valence-corrected chi connectivity index (χ4v) is 5.91. The number of aryl methyl sites for hydroxylation is 2. The highest BCUT2D eigenvalue weighted by Crippen LogP contribution is 2.32. The van der Waals surface area contributed by atoms with Crippen LogP contribution < -0.4 is 9.62 Å². The van der Waals surface area contributed by atoms with Crippen LogP contribution in [0.4, 0.5) is 10.8 Å². The van der Waals surface area contributed by atoms with E-state index >= 15 is 0 Å². The molecular weight excluding hydrogens is 528 g/mol. The Labute approximate surface area is 228 Å². The lowest BCUT2D eigenvalue weighted by Crippen LogP contribution is -2.33. The second-order valence-corrected chi connectivity index (χ2v) is 11.7. The first-order valence-electron chi connectivity index (χ1n) is 11.7. The molecule has 0 bridgehead atoms. The molecule has 4 rings (SSSR count). The van der Waals surface area contributed by atoms with Crippen LogP contribution in [-0.2, 0) is 10.0 Å². The normalized spacial score (nSPS) is 11.4. The van der Waals surface area contributed by atoms with E-state index in [0.717, 1.165) is 23.2 Å². The Morgan fingerprint density at radius 2 is 1.59 bits per heavy atom. The van der Waals surface area contributed by atoms with Crippen LogP contribution in [0.5, 0.6) is 0 Å². The number of rotatable bonds is 9. The van der Waals surface area contributed by atoms with Gasteiger partial charge in [0.2, 0.25) is 0 Å². The first-order chi connectivity index (χ1) is 17.1. The number of amides is 1. The maximum atomic E-state index is 13.6. The third-order valence-corrected chi connectivity index (χ3v) is 8.33. The zero-order valence-electron chi connectivity index (χ0n) is 21.3. The number of nitrogens with zero attached hydrogens (tertiary/aromatic N) is 3. The molecule has 10 heteroatoms. The number of anilines is 2. The number of carbonyl (C=O) groups is 1. The van der Waals surface area contributed by atoms with Gasteiger partial charge in [-0.25, -0.2) is 13.4 Å². The third kappa shape index (κ3) is 6.87. The highest BCUT2D eigenvalue weighted by atomic mass is 35.5. The van der Waals surface area contributed by atoms with Crippen LogP contribution >= 0.6 is 23.7 Å². The number of sulfonamides is 1. The highest BCUT2D eigenvalue weighted by Gasteiger charge is 2.22. The first-order valence-corrected chi connectivity index (χ1v) is 14.0. The van der Waals surface area contributed by atoms with E-state index < -0.39 is 10.0 Å². The fraction of sp³-hybridized carbons (Fsp3) is 0.259. The van der Waals surface area contributed by atoms with Gasteiger partial charge in [-0.3, -0.25) is 14.4 Å². The van der Waals surface area contributed by atoms with E-state index in [1.165, 1.54) is 34.6 Å². The van der Waals surface area contributed by atoms with Crippen molar-refractivity contribution < 1.29 is 13.2 Å². The largest absolute Gasteiger partial charge is 0.309 e. The number of fused-ring (bicyclic) bond motifs is 1.